The molecule has 0 spiro atoms. The molecule has 4 heterocycles. The molecule has 0 saturated heterocycles. The number of halogens is 1. The molecule has 34 heavy (non-hydrogen) atoms. The number of aromatic nitrogens is 3. The molecule has 1 aromatic carbocycles. The van der Waals surface area contributed by atoms with Crippen LogP contribution in [0.1, 0.15) is 45.8 Å². The molecule has 3 amide bonds. The van der Waals surface area contributed by atoms with Crippen molar-refractivity contribution in [3.8, 4) is 6.07 Å². The van der Waals surface area contributed by atoms with Gasteiger partial charge in [0, 0.05) is 49.3 Å². The van der Waals surface area contributed by atoms with E-state index in [0.29, 0.717) is 30.9 Å². The Bertz CT molecular complexity index is 1310. The van der Waals surface area contributed by atoms with Crippen LogP contribution in [-0.4, -0.2) is 56.3 Å². The fourth-order valence-electron chi connectivity index (χ4n) is 4.60. The van der Waals surface area contributed by atoms with Crippen LogP contribution in [-0.2, 0) is 19.5 Å². The van der Waals surface area contributed by atoms with E-state index in [1.807, 2.05) is 6.92 Å². The smallest absolute Gasteiger partial charge is 0.322 e. The van der Waals surface area contributed by atoms with Gasteiger partial charge >= 0.3 is 6.03 Å². The van der Waals surface area contributed by atoms with E-state index in [2.05, 4.69) is 10.5 Å². The number of likely N-dealkylation sites (N-methyl/N-ethyl adjacent to an activating group) is 1. The molecular formula is C23H22FN7O3. The summed E-state index contributed by atoms with van der Waals surface area (Å²) in [5.41, 5.74) is 2.92. The highest BCUT2D eigenvalue weighted by Gasteiger charge is 2.37. The highest BCUT2D eigenvalue weighted by molar-refractivity contribution is 5.95. The Hall–Kier alpha value is -4.20. The van der Waals surface area contributed by atoms with E-state index in [-0.39, 0.29) is 30.0 Å². The zero-order valence-electron chi connectivity index (χ0n) is 18.7. The molecule has 0 aliphatic carbocycles. The van der Waals surface area contributed by atoms with E-state index in [9.17, 15) is 14.0 Å². The lowest BCUT2D eigenvalue weighted by Gasteiger charge is -2.33. The Morgan fingerprint density at radius 2 is 2.15 bits per heavy atom. The lowest BCUT2D eigenvalue weighted by atomic mass is 9.99. The Kier molecular flexibility index (Phi) is 5.28. The molecule has 5 rings (SSSR count). The highest BCUT2D eigenvalue weighted by atomic mass is 19.1. The minimum atomic E-state index is -0.648. The summed E-state index contributed by atoms with van der Waals surface area (Å²) in [6.07, 6.45) is 2.00. The largest absolute Gasteiger partial charge is 0.364 e. The predicted molar refractivity (Wildman–Crippen MR) is 117 cm³/mol. The molecule has 2 aliphatic heterocycles. The number of nitrogens with one attached hydrogen (secondary N) is 1. The zero-order chi connectivity index (χ0) is 24.0. The first-order valence-electron chi connectivity index (χ1n) is 10.9. The fourth-order valence-corrected chi connectivity index (χ4v) is 4.60. The quantitative estimate of drug-likeness (QED) is 0.624. The van der Waals surface area contributed by atoms with E-state index in [4.69, 9.17) is 14.9 Å². The highest BCUT2D eigenvalue weighted by Crippen LogP contribution is 2.31. The van der Waals surface area contributed by atoms with Gasteiger partial charge in [-0.25, -0.2) is 9.18 Å². The first kappa shape index (κ1) is 21.6. The number of hydrogen-bond donors (Lipinski definition) is 1. The molecule has 2 atom stereocenters. The Balaban J connectivity index is 1.43. The van der Waals surface area contributed by atoms with Gasteiger partial charge in [-0.1, -0.05) is 5.16 Å². The minimum absolute atomic E-state index is 0.0695. The normalized spacial score (nSPS) is 19.8. The number of rotatable bonds is 2. The lowest BCUT2D eigenvalue weighted by molar-refractivity contribution is 0.0787. The van der Waals surface area contributed by atoms with Crippen molar-refractivity contribution in [2.45, 2.75) is 38.4 Å². The van der Waals surface area contributed by atoms with Crippen LogP contribution >= 0.6 is 0 Å². The second kappa shape index (κ2) is 8.30. The first-order chi connectivity index (χ1) is 16.4. The van der Waals surface area contributed by atoms with Gasteiger partial charge in [-0.05, 0) is 25.1 Å². The number of benzene rings is 1. The SMILES string of the molecule is C[C@@H]1Cc2nn3c(c2CN1C(=O)Nc1ccc(F)c(C#N)c1)C(=O)N(C)C[C@@H](c1ccon1)C3. The Labute approximate surface area is 194 Å². The van der Waals surface area contributed by atoms with E-state index in [0.717, 1.165) is 23.0 Å². The van der Waals surface area contributed by atoms with Crippen molar-refractivity contribution in [3.05, 3.63) is 64.6 Å². The number of carbonyl (C=O) groups excluding carboxylic acids is 2. The van der Waals surface area contributed by atoms with Crippen molar-refractivity contribution < 1.29 is 18.5 Å². The molecule has 174 valence electrons. The number of anilines is 1. The van der Waals surface area contributed by atoms with Gasteiger partial charge in [-0.15, -0.1) is 0 Å². The van der Waals surface area contributed by atoms with Crippen molar-refractivity contribution in [2.75, 3.05) is 18.9 Å². The number of nitriles is 1. The van der Waals surface area contributed by atoms with Gasteiger partial charge in [0.1, 0.15) is 23.8 Å². The van der Waals surface area contributed by atoms with E-state index in [1.165, 1.54) is 18.4 Å². The zero-order valence-corrected chi connectivity index (χ0v) is 18.7. The number of urea groups is 1. The molecular weight excluding hydrogens is 441 g/mol. The van der Waals surface area contributed by atoms with Gasteiger partial charge in [0.25, 0.3) is 5.91 Å². The Morgan fingerprint density at radius 1 is 1.32 bits per heavy atom. The molecule has 0 unspecified atom stereocenters. The topological polar surface area (TPSA) is 120 Å². The predicted octanol–water partition coefficient (Wildman–Crippen LogP) is 2.73. The second-order valence-corrected chi connectivity index (χ2v) is 8.68. The monoisotopic (exact) mass is 463 g/mol. The third kappa shape index (κ3) is 3.67. The molecule has 10 nitrogen and oxygen atoms in total. The third-order valence-corrected chi connectivity index (χ3v) is 6.39. The summed E-state index contributed by atoms with van der Waals surface area (Å²) in [4.78, 5) is 29.6. The average molecular weight is 463 g/mol. The number of nitrogens with zero attached hydrogens (tertiary/aromatic N) is 6. The maximum Gasteiger partial charge on any atom is 0.322 e. The van der Waals surface area contributed by atoms with Crippen LogP contribution in [0.15, 0.2) is 35.1 Å². The summed E-state index contributed by atoms with van der Waals surface area (Å²) in [5, 5.41) is 20.6. The van der Waals surface area contributed by atoms with Gasteiger partial charge in [-0.2, -0.15) is 10.4 Å². The number of carbonyl (C=O) groups is 2. The molecule has 1 N–H and O–H groups in total. The van der Waals surface area contributed by atoms with Gasteiger partial charge in [0.2, 0.25) is 0 Å². The summed E-state index contributed by atoms with van der Waals surface area (Å²) >= 11 is 0. The van der Waals surface area contributed by atoms with E-state index < -0.39 is 11.8 Å². The van der Waals surface area contributed by atoms with Crippen LogP contribution in [0.3, 0.4) is 0 Å². The Morgan fingerprint density at radius 3 is 2.88 bits per heavy atom. The number of fused-ring (bicyclic) bond motifs is 3. The molecule has 0 saturated carbocycles. The van der Waals surface area contributed by atoms with Crippen LogP contribution in [0, 0.1) is 17.1 Å². The minimum Gasteiger partial charge on any atom is -0.364 e. The number of hydrogen-bond acceptors (Lipinski definition) is 6. The van der Waals surface area contributed by atoms with Crippen molar-refractivity contribution in [3.63, 3.8) is 0 Å². The summed E-state index contributed by atoms with van der Waals surface area (Å²) in [5.74, 6) is -0.877. The summed E-state index contributed by atoms with van der Waals surface area (Å²) < 4.78 is 20.4. The molecule has 3 aromatic rings. The summed E-state index contributed by atoms with van der Waals surface area (Å²) in [6.45, 7) is 3.05. The molecule has 0 bridgehead atoms. The van der Waals surface area contributed by atoms with Crippen molar-refractivity contribution in [1.29, 1.82) is 5.26 Å². The van der Waals surface area contributed by atoms with E-state index in [1.54, 1.807) is 33.7 Å². The summed E-state index contributed by atoms with van der Waals surface area (Å²) in [7, 11) is 1.74. The van der Waals surface area contributed by atoms with Crippen molar-refractivity contribution >= 4 is 17.6 Å². The van der Waals surface area contributed by atoms with Crippen LogP contribution in [0.5, 0.6) is 0 Å². The summed E-state index contributed by atoms with van der Waals surface area (Å²) in [6, 6.07) is 6.82. The third-order valence-electron chi connectivity index (χ3n) is 6.39. The number of amides is 3. The average Bonchev–Trinajstić information content (AvgIpc) is 3.44. The van der Waals surface area contributed by atoms with Gasteiger partial charge < -0.3 is 19.6 Å². The van der Waals surface area contributed by atoms with Gasteiger partial charge in [-0.3, -0.25) is 9.48 Å². The van der Waals surface area contributed by atoms with Crippen molar-refractivity contribution in [1.82, 2.24) is 24.7 Å². The van der Waals surface area contributed by atoms with E-state index >= 15 is 0 Å². The molecule has 2 aliphatic rings. The van der Waals surface area contributed by atoms with Crippen LogP contribution in [0.4, 0.5) is 14.9 Å². The lowest BCUT2D eigenvalue weighted by Crippen LogP contribution is -2.45. The molecule has 2 aromatic heterocycles. The first-order valence-corrected chi connectivity index (χ1v) is 10.9. The second-order valence-electron chi connectivity index (χ2n) is 8.68. The maximum atomic E-state index is 13.6. The van der Waals surface area contributed by atoms with Crippen LogP contribution in [0.25, 0.3) is 0 Å². The van der Waals surface area contributed by atoms with Gasteiger partial charge in [0.15, 0.2) is 0 Å². The van der Waals surface area contributed by atoms with Crippen LogP contribution < -0.4 is 5.32 Å². The van der Waals surface area contributed by atoms with Gasteiger partial charge in [0.05, 0.1) is 30.0 Å². The molecule has 0 radical (unpaired) electrons. The molecule has 11 heteroatoms. The maximum absolute atomic E-state index is 13.6. The molecule has 0 fully saturated rings. The standard InChI is InChI=1S/C23H22FN7O3/c1-13-7-20-17(12-30(13)23(33)26-16-3-4-18(24)14(8-16)9-25)21-22(32)29(2)10-15(11-31(21)27-20)19-5-6-34-28-19/h3-6,8,13,15H,7,10-12H2,1-2H3,(H,26,33)/t13-,15-/m1/s1. The van der Waals surface area contributed by atoms with Crippen LogP contribution in [0.2, 0.25) is 0 Å². The van der Waals surface area contributed by atoms with Crippen molar-refractivity contribution in [2.24, 2.45) is 0 Å². The fraction of sp³-hybridized carbons (Fsp3) is 0.348.